The smallest absolute Gasteiger partial charge is 0.259 e. The first kappa shape index (κ1) is 8.59. The summed E-state index contributed by atoms with van der Waals surface area (Å²) in [7, 11) is 0. The van der Waals surface area contributed by atoms with Crippen LogP contribution >= 0.6 is 23.1 Å². The molecule has 0 amide bonds. The van der Waals surface area contributed by atoms with E-state index in [0.29, 0.717) is 5.76 Å². The molecule has 0 aliphatic rings. The Morgan fingerprint density at radius 3 is 3.00 bits per heavy atom. The van der Waals surface area contributed by atoms with Gasteiger partial charge in [-0.25, -0.2) is 0 Å². The lowest BCUT2D eigenvalue weighted by Crippen LogP contribution is -1.88. The zero-order valence-corrected chi connectivity index (χ0v) is 8.23. The Morgan fingerprint density at radius 2 is 2.38 bits per heavy atom. The Labute approximate surface area is 83.6 Å². The first-order chi connectivity index (χ1) is 6.36. The standard InChI is InChI=1S/C9H6O2S2/c10-9(8-2-1-4-11-8)13-7-3-5-12-6-7/h1-6H. The van der Waals surface area contributed by atoms with Crippen molar-refractivity contribution in [2.75, 3.05) is 0 Å². The summed E-state index contributed by atoms with van der Waals surface area (Å²) in [4.78, 5) is 12.4. The minimum Gasteiger partial charge on any atom is -0.460 e. The Balaban J connectivity index is 2.08. The first-order valence-electron chi connectivity index (χ1n) is 3.64. The molecule has 2 aromatic heterocycles. The summed E-state index contributed by atoms with van der Waals surface area (Å²) in [5, 5.41) is 3.83. The van der Waals surface area contributed by atoms with Gasteiger partial charge >= 0.3 is 0 Å². The Hall–Kier alpha value is -1.00. The number of thioether (sulfide) groups is 1. The van der Waals surface area contributed by atoms with Gasteiger partial charge in [0.2, 0.25) is 0 Å². The van der Waals surface area contributed by atoms with E-state index in [9.17, 15) is 4.79 Å². The van der Waals surface area contributed by atoms with E-state index >= 15 is 0 Å². The van der Waals surface area contributed by atoms with Crippen LogP contribution in [0.4, 0.5) is 0 Å². The van der Waals surface area contributed by atoms with Crippen LogP contribution in [0, 0.1) is 0 Å². The molecule has 4 heteroatoms. The molecule has 0 spiro atoms. The molecule has 0 radical (unpaired) electrons. The van der Waals surface area contributed by atoms with Crippen molar-refractivity contribution in [2.24, 2.45) is 0 Å². The minimum absolute atomic E-state index is 0.0524. The predicted molar refractivity (Wildman–Crippen MR) is 53.2 cm³/mol. The lowest BCUT2D eigenvalue weighted by molar-refractivity contribution is 0.106. The molecule has 0 saturated heterocycles. The maximum Gasteiger partial charge on any atom is 0.259 e. The summed E-state index contributed by atoms with van der Waals surface area (Å²) < 4.78 is 4.98. The first-order valence-corrected chi connectivity index (χ1v) is 5.40. The van der Waals surface area contributed by atoms with E-state index in [-0.39, 0.29) is 5.12 Å². The van der Waals surface area contributed by atoms with Gasteiger partial charge in [-0.05, 0) is 35.3 Å². The number of carbonyl (C=O) groups excluding carboxylic acids is 1. The molecule has 0 atom stereocenters. The Bertz CT molecular complexity index is 376. The third kappa shape index (κ3) is 2.02. The van der Waals surface area contributed by atoms with Crippen LogP contribution in [0.15, 0.2) is 44.5 Å². The molecule has 13 heavy (non-hydrogen) atoms. The van der Waals surface area contributed by atoms with Crippen molar-refractivity contribution in [3.8, 4) is 0 Å². The van der Waals surface area contributed by atoms with Gasteiger partial charge in [0, 0.05) is 10.3 Å². The monoisotopic (exact) mass is 210 g/mol. The average molecular weight is 210 g/mol. The Kier molecular flexibility index (Phi) is 2.52. The van der Waals surface area contributed by atoms with Gasteiger partial charge in [-0.15, -0.1) is 0 Å². The van der Waals surface area contributed by atoms with Crippen molar-refractivity contribution in [3.63, 3.8) is 0 Å². The van der Waals surface area contributed by atoms with Crippen LogP contribution in [0.25, 0.3) is 0 Å². The summed E-state index contributed by atoms with van der Waals surface area (Å²) in [5.41, 5.74) is 0. The van der Waals surface area contributed by atoms with Crippen LogP contribution < -0.4 is 0 Å². The molecule has 2 heterocycles. The quantitative estimate of drug-likeness (QED) is 0.712. The SMILES string of the molecule is O=C(Sc1ccsc1)c1ccco1. The van der Waals surface area contributed by atoms with Crippen molar-refractivity contribution in [2.45, 2.75) is 4.90 Å². The highest BCUT2D eigenvalue weighted by Gasteiger charge is 2.10. The number of rotatable bonds is 2. The van der Waals surface area contributed by atoms with Crippen LogP contribution in [0.3, 0.4) is 0 Å². The van der Waals surface area contributed by atoms with Crippen molar-refractivity contribution in [1.82, 2.24) is 0 Å². The van der Waals surface area contributed by atoms with Gasteiger partial charge in [0.15, 0.2) is 5.76 Å². The molecular formula is C9H6O2S2. The molecule has 66 valence electrons. The average Bonchev–Trinajstić information content (AvgIpc) is 2.74. The molecule has 0 unspecified atom stereocenters. The van der Waals surface area contributed by atoms with E-state index in [0.717, 1.165) is 4.90 Å². The normalized spacial score (nSPS) is 10.2. The summed E-state index contributed by atoms with van der Waals surface area (Å²) >= 11 is 2.76. The summed E-state index contributed by atoms with van der Waals surface area (Å²) in [6.07, 6.45) is 1.50. The largest absolute Gasteiger partial charge is 0.460 e. The van der Waals surface area contributed by atoms with Crippen molar-refractivity contribution in [3.05, 3.63) is 41.0 Å². The van der Waals surface area contributed by atoms with E-state index in [1.54, 1.807) is 23.5 Å². The molecular weight excluding hydrogens is 204 g/mol. The molecule has 0 N–H and O–H groups in total. The van der Waals surface area contributed by atoms with Gasteiger partial charge in [0.1, 0.15) is 0 Å². The zero-order chi connectivity index (χ0) is 9.10. The number of hydrogen-bond acceptors (Lipinski definition) is 4. The number of carbonyl (C=O) groups is 1. The van der Waals surface area contributed by atoms with Crippen molar-refractivity contribution >= 4 is 28.2 Å². The summed E-state index contributed by atoms with van der Waals surface area (Å²) in [6, 6.07) is 5.29. The van der Waals surface area contributed by atoms with Gasteiger partial charge in [-0.1, -0.05) is 0 Å². The second kappa shape index (κ2) is 3.81. The van der Waals surface area contributed by atoms with Gasteiger partial charge in [-0.2, -0.15) is 11.3 Å². The van der Waals surface area contributed by atoms with Crippen LogP contribution in [-0.2, 0) is 0 Å². The lowest BCUT2D eigenvalue weighted by Gasteiger charge is -1.92. The minimum atomic E-state index is -0.0524. The van der Waals surface area contributed by atoms with Gasteiger partial charge in [0.25, 0.3) is 5.12 Å². The second-order valence-corrected chi connectivity index (χ2v) is 4.15. The maximum absolute atomic E-state index is 11.4. The van der Waals surface area contributed by atoms with Crippen molar-refractivity contribution in [1.29, 1.82) is 0 Å². The molecule has 2 nitrogen and oxygen atoms in total. The number of thiophene rings is 1. The molecule has 0 aliphatic carbocycles. The predicted octanol–water partition coefficient (Wildman–Crippen LogP) is 3.27. The van der Waals surface area contributed by atoms with Gasteiger partial charge < -0.3 is 4.42 Å². The number of furan rings is 1. The van der Waals surface area contributed by atoms with Crippen LogP contribution in [0.5, 0.6) is 0 Å². The summed E-state index contributed by atoms with van der Waals surface area (Å²) in [6.45, 7) is 0. The zero-order valence-electron chi connectivity index (χ0n) is 6.60. The third-order valence-electron chi connectivity index (χ3n) is 1.43. The fraction of sp³-hybridized carbons (Fsp3) is 0. The van der Waals surface area contributed by atoms with E-state index in [4.69, 9.17) is 4.42 Å². The molecule has 0 aromatic carbocycles. The van der Waals surface area contributed by atoms with Crippen LogP contribution in [0.2, 0.25) is 0 Å². The van der Waals surface area contributed by atoms with E-state index in [2.05, 4.69) is 0 Å². The molecule has 0 fully saturated rings. The van der Waals surface area contributed by atoms with Crippen LogP contribution in [-0.4, -0.2) is 5.12 Å². The maximum atomic E-state index is 11.4. The topological polar surface area (TPSA) is 30.2 Å². The molecule has 2 aromatic rings. The molecule has 0 aliphatic heterocycles. The Morgan fingerprint density at radius 1 is 1.46 bits per heavy atom. The number of hydrogen-bond donors (Lipinski definition) is 0. The third-order valence-corrected chi connectivity index (χ3v) is 3.14. The molecule has 0 saturated carbocycles. The molecule has 0 bridgehead atoms. The van der Waals surface area contributed by atoms with Crippen LogP contribution in [0.1, 0.15) is 10.6 Å². The highest BCUT2D eigenvalue weighted by atomic mass is 32.2. The van der Waals surface area contributed by atoms with Gasteiger partial charge in [-0.3, -0.25) is 4.79 Å². The highest BCUT2D eigenvalue weighted by Crippen LogP contribution is 2.24. The fourth-order valence-corrected chi connectivity index (χ4v) is 2.39. The fourth-order valence-electron chi connectivity index (χ4n) is 0.862. The van der Waals surface area contributed by atoms with Crippen molar-refractivity contribution < 1.29 is 9.21 Å². The molecule has 2 rings (SSSR count). The second-order valence-electron chi connectivity index (χ2n) is 2.33. The lowest BCUT2D eigenvalue weighted by atomic mass is 10.5. The summed E-state index contributed by atoms with van der Waals surface area (Å²) in [5.74, 6) is 0.399. The highest BCUT2D eigenvalue weighted by molar-refractivity contribution is 8.14. The van der Waals surface area contributed by atoms with E-state index in [1.165, 1.54) is 18.0 Å². The van der Waals surface area contributed by atoms with Gasteiger partial charge in [0.05, 0.1) is 6.26 Å². The van der Waals surface area contributed by atoms with E-state index in [1.807, 2.05) is 16.8 Å². The van der Waals surface area contributed by atoms with E-state index < -0.39 is 0 Å².